The van der Waals surface area contributed by atoms with Crippen molar-refractivity contribution in [3.8, 4) is 11.8 Å². The smallest absolute Gasteiger partial charge is 0.382 e. The maximum atomic E-state index is 13.4. The number of nitrogens with two attached hydrogens (primary N) is 1. The third kappa shape index (κ3) is 7.32. The number of pyridine rings is 3. The van der Waals surface area contributed by atoms with Crippen molar-refractivity contribution in [2.75, 3.05) is 44.3 Å². The zero-order valence-corrected chi connectivity index (χ0v) is 22.9. The molecule has 1 aliphatic heterocycles. The van der Waals surface area contributed by atoms with E-state index >= 15 is 0 Å². The number of anilines is 2. The van der Waals surface area contributed by atoms with Gasteiger partial charge in [-0.3, -0.25) is 19.7 Å². The molecular formula is C29H26F3N7OS. The van der Waals surface area contributed by atoms with Crippen LogP contribution in [0.3, 0.4) is 0 Å². The average molecular weight is 578 g/mol. The van der Waals surface area contributed by atoms with E-state index in [1.807, 2.05) is 13.1 Å². The third-order valence-electron chi connectivity index (χ3n) is 6.56. The second-order valence-corrected chi connectivity index (χ2v) is 10.7. The van der Waals surface area contributed by atoms with Gasteiger partial charge in [-0.2, -0.15) is 13.2 Å². The van der Waals surface area contributed by atoms with Crippen molar-refractivity contribution < 1.29 is 18.0 Å². The highest BCUT2D eigenvalue weighted by atomic mass is 32.2. The van der Waals surface area contributed by atoms with E-state index < -0.39 is 11.4 Å². The zero-order chi connectivity index (χ0) is 29.0. The molecule has 0 bridgehead atoms. The number of carbonyl (C=O) groups is 1. The number of thioether (sulfide) groups is 1. The zero-order valence-electron chi connectivity index (χ0n) is 22.1. The number of fused-ring (bicyclic) bond motifs is 1. The highest BCUT2D eigenvalue weighted by Gasteiger charge is 2.31. The lowest BCUT2D eigenvalue weighted by molar-refractivity contribution is -0.0328. The van der Waals surface area contributed by atoms with Crippen LogP contribution in [-0.4, -0.2) is 69.4 Å². The summed E-state index contributed by atoms with van der Waals surface area (Å²) in [6, 6.07) is 9.81. The minimum Gasteiger partial charge on any atom is -0.382 e. The summed E-state index contributed by atoms with van der Waals surface area (Å²) in [5.74, 6) is 5.79. The summed E-state index contributed by atoms with van der Waals surface area (Å²) < 4.78 is 40.1. The molecule has 1 aromatic carbocycles. The van der Waals surface area contributed by atoms with Crippen LogP contribution in [0, 0.1) is 11.8 Å². The number of aromatic nitrogens is 3. The van der Waals surface area contributed by atoms with Crippen molar-refractivity contribution in [1.82, 2.24) is 24.8 Å². The van der Waals surface area contributed by atoms with E-state index in [0.29, 0.717) is 34.6 Å². The van der Waals surface area contributed by atoms with E-state index in [0.717, 1.165) is 31.6 Å². The van der Waals surface area contributed by atoms with Crippen LogP contribution in [0.4, 0.5) is 24.7 Å². The van der Waals surface area contributed by atoms with Crippen molar-refractivity contribution in [1.29, 1.82) is 0 Å². The van der Waals surface area contributed by atoms with Crippen LogP contribution >= 0.6 is 11.8 Å². The Morgan fingerprint density at radius 1 is 1.07 bits per heavy atom. The number of rotatable bonds is 5. The van der Waals surface area contributed by atoms with E-state index in [4.69, 9.17) is 5.73 Å². The van der Waals surface area contributed by atoms with Crippen LogP contribution in [0.5, 0.6) is 0 Å². The number of carbonyl (C=O) groups excluding carboxylic acids is 1. The Hall–Kier alpha value is -4.18. The number of halogens is 3. The summed E-state index contributed by atoms with van der Waals surface area (Å²) in [7, 11) is 2.02. The van der Waals surface area contributed by atoms with Crippen molar-refractivity contribution >= 4 is 40.1 Å². The fraction of sp³-hybridized carbons (Fsp3) is 0.241. The molecule has 3 aromatic heterocycles. The molecule has 0 spiro atoms. The number of hydrogen-bond acceptors (Lipinski definition) is 8. The van der Waals surface area contributed by atoms with Gasteiger partial charge in [0.05, 0.1) is 11.1 Å². The fourth-order valence-corrected chi connectivity index (χ4v) is 5.09. The predicted molar refractivity (Wildman–Crippen MR) is 153 cm³/mol. The maximum Gasteiger partial charge on any atom is 0.446 e. The molecule has 0 unspecified atom stereocenters. The van der Waals surface area contributed by atoms with Crippen LogP contribution in [0.25, 0.3) is 10.9 Å². The summed E-state index contributed by atoms with van der Waals surface area (Å²) in [5.41, 5.74) is 4.11. The molecule has 41 heavy (non-hydrogen) atoms. The van der Waals surface area contributed by atoms with Gasteiger partial charge in [0.15, 0.2) is 0 Å². The molecule has 4 aromatic rings. The Bertz CT molecular complexity index is 1640. The van der Waals surface area contributed by atoms with E-state index in [2.05, 4.69) is 41.9 Å². The Morgan fingerprint density at radius 2 is 1.88 bits per heavy atom. The number of likely N-dealkylation sites (N-methyl/N-ethyl adjacent to an activating group) is 1. The highest BCUT2D eigenvalue weighted by molar-refractivity contribution is 8.00. The van der Waals surface area contributed by atoms with Gasteiger partial charge >= 0.3 is 5.51 Å². The van der Waals surface area contributed by atoms with Gasteiger partial charge in [0.2, 0.25) is 0 Å². The van der Waals surface area contributed by atoms with Crippen LogP contribution in [-0.2, 0) is 6.54 Å². The van der Waals surface area contributed by atoms with Gasteiger partial charge < -0.3 is 16.0 Å². The summed E-state index contributed by atoms with van der Waals surface area (Å²) >= 11 is -0.174. The fourth-order valence-electron chi connectivity index (χ4n) is 4.40. The lowest BCUT2D eigenvalue weighted by Gasteiger charge is -2.32. The van der Waals surface area contributed by atoms with Crippen molar-refractivity contribution in [2.24, 2.45) is 0 Å². The number of alkyl halides is 3. The lowest BCUT2D eigenvalue weighted by Crippen LogP contribution is -2.43. The van der Waals surface area contributed by atoms with Gasteiger partial charge in [-0.05, 0) is 54.7 Å². The minimum atomic E-state index is -4.46. The molecule has 210 valence electrons. The van der Waals surface area contributed by atoms with Crippen molar-refractivity contribution in [3.63, 3.8) is 0 Å². The maximum absolute atomic E-state index is 13.4. The number of benzene rings is 1. The van der Waals surface area contributed by atoms with Crippen LogP contribution in [0.2, 0.25) is 0 Å². The standard InChI is InChI=1S/C29H26F3N7OS/c1-38-9-11-39(12-10-38)18-21-6-7-23(14-25(21)41-29(30,31)32)37-28(40)22-13-19(15-34-16-22)4-5-20-17-36-27(33)26-24(20)3-2-8-35-26/h2-3,6-8,13-17H,9-12,18H2,1H3,(H2,33,36)(H,37,40). The van der Waals surface area contributed by atoms with E-state index in [1.54, 1.807) is 36.7 Å². The Kier molecular flexibility index (Phi) is 8.39. The molecule has 1 amide bonds. The van der Waals surface area contributed by atoms with Gasteiger partial charge in [0, 0.05) is 79.0 Å². The third-order valence-corrected chi connectivity index (χ3v) is 7.39. The average Bonchev–Trinajstić information content (AvgIpc) is 2.95. The Labute approximate surface area is 239 Å². The van der Waals surface area contributed by atoms with Crippen molar-refractivity contribution in [2.45, 2.75) is 16.9 Å². The predicted octanol–water partition coefficient (Wildman–Crippen LogP) is 4.62. The number of hydrogen-bond donors (Lipinski definition) is 2. The summed E-state index contributed by atoms with van der Waals surface area (Å²) in [6.07, 6.45) is 6.06. The quantitative estimate of drug-likeness (QED) is 0.262. The molecule has 1 aliphatic rings. The largest absolute Gasteiger partial charge is 0.446 e. The monoisotopic (exact) mass is 577 g/mol. The van der Waals surface area contributed by atoms with E-state index in [9.17, 15) is 18.0 Å². The summed E-state index contributed by atoms with van der Waals surface area (Å²) in [5, 5.41) is 3.44. The van der Waals surface area contributed by atoms with E-state index in [-0.39, 0.29) is 27.9 Å². The SMILES string of the molecule is CN1CCN(Cc2ccc(NC(=O)c3cncc(C#Cc4cnc(N)c5ncccc45)c3)cc2SC(F)(F)F)CC1. The Morgan fingerprint density at radius 3 is 2.66 bits per heavy atom. The topological polar surface area (TPSA) is 100 Å². The van der Waals surface area contributed by atoms with E-state index in [1.165, 1.54) is 18.5 Å². The van der Waals surface area contributed by atoms with Gasteiger partial charge in [0.25, 0.3) is 5.91 Å². The summed E-state index contributed by atoms with van der Waals surface area (Å²) in [6.45, 7) is 3.68. The Balaban J connectivity index is 1.34. The molecule has 1 fully saturated rings. The highest BCUT2D eigenvalue weighted by Crippen LogP contribution is 2.40. The molecule has 0 radical (unpaired) electrons. The molecule has 0 atom stereocenters. The lowest BCUT2D eigenvalue weighted by atomic mass is 10.1. The van der Waals surface area contributed by atoms with Gasteiger partial charge in [-0.1, -0.05) is 17.9 Å². The molecule has 0 saturated carbocycles. The van der Waals surface area contributed by atoms with Gasteiger partial charge in [0.1, 0.15) is 11.3 Å². The number of piperazine rings is 1. The molecular weight excluding hydrogens is 551 g/mol. The van der Waals surface area contributed by atoms with Crippen molar-refractivity contribution in [3.05, 3.63) is 83.4 Å². The first-order valence-electron chi connectivity index (χ1n) is 12.7. The minimum absolute atomic E-state index is 0.0609. The molecule has 1 saturated heterocycles. The first-order chi connectivity index (χ1) is 19.6. The molecule has 4 heterocycles. The molecule has 0 aliphatic carbocycles. The van der Waals surface area contributed by atoms with Crippen LogP contribution < -0.4 is 11.1 Å². The second kappa shape index (κ2) is 12.1. The number of nitrogen functional groups attached to an aromatic ring is 1. The molecule has 3 N–H and O–H groups in total. The molecule has 8 nitrogen and oxygen atoms in total. The number of amides is 1. The molecule has 12 heteroatoms. The number of nitrogens with zero attached hydrogens (tertiary/aromatic N) is 5. The van der Waals surface area contributed by atoms with Gasteiger partial charge in [-0.25, -0.2) is 4.98 Å². The summed E-state index contributed by atoms with van der Waals surface area (Å²) in [4.78, 5) is 29.9. The first-order valence-corrected chi connectivity index (χ1v) is 13.5. The van der Waals surface area contributed by atoms with Crippen LogP contribution in [0.15, 0.2) is 66.1 Å². The van der Waals surface area contributed by atoms with Gasteiger partial charge in [-0.15, -0.1) is 0 Å². The molecule has 5 rings (SSSR count). The normalized spacial score (nSPS) is 14.4. The second-order valence-electron chi connectivity index (χ2n) is 9.57. The van der Waals surface area contributed by atoms with Crippen LogP contribution in [0.1, 0.15) is 27.0 Å². The first kappa shape index (κ1) is 28.4. The number of nitrogens with one attached hydrogen (secondary N) is 1.